The summed E-state index contributed by atoms with van der Waals surface area (Å²) in [4.78, 5) is 19.5. The van der Waals surface area contributed by atoms with Crippen LogP contribution < -0.4 is 0 Å². The summed E-state index contributed by atoms with van der Waals surface area (Å²) in [6.45, 7) is 4.64. The number of aromatic amines is 1. The van der Waals surface area contributed by atoms with E-state index in [4.69, 9.17) is 4.98 Å². The molecule has 152 valence electrons. The van der Waals surface area contributed by atoms with Crippen molar-refractivity contribution in [1.29, 1.82) is 0 Å². The molecule has 1 N–H and O–H groups in total. The highest BCUT2D eigenvalue weighted by Crippen LogP contribution is 2.25. The highest BCUT2D eigenvalue weighted by Gasteiger charge is 2.24. The fraction of sp³-hybridized carbons (Fsp3) is 0.292. The van der Waals surface area contributed by atoms with Gasteiger partial charge in [-0.25, -0.2) is 4.98 Å². The van der Waals surface area contributed by atoms with Gasteiger partial charge in [-0.05, 0) is 56.0 Å². The fourth-order valence-electron chi connectivity index (χ4n) is 4.26. The smallest absolute Gasteiger partial charge is 0.253 e. The summed E-state index contributed by atoms with van der Waals surface area (Å²) in [5.41, 5.74) is 6.04. The van der Waals surface area contributed by atoms with Gasteiger partial charge in [-0.1, -0.05) is 17.7 Å². The van der Waals surface area contributed by atoms with E-state index < -0.39 is 0 Å². The van der Waals surface area contributed by atoms with E-state index in [0.29, 0.717) is 5.92 Å². The van der Waals surface area contributed by atoms with Gasteiger partial charge in [0.25, 0.3) is 5.91 Å². The zero-order chi connectivity index (χ0) is 20.5. The second-order valence-corrected chi connectivity index (χ2v) is 8.16. The third kappa shape index (κ3) is 3.61. The number of hydrogen-bond acceptors (Lipinski definition) is 3. The number of benzene rings is 1. The molecular weight excluding hydrogens is 374 g/mol. The van der Waals surface area contributed by atoms with Gasteiger partial charge in [-0.15, -0.1) is 0 Å². The maximum Gasteiger partial charge on any atom is 0.253 e. The van der Waals surface area contributed by atoms with Crippen LogP contribution in [0.3, 0.4) is 0 Å². The third-order valence-corrected chi connectivity index (χ3v) is 6.07. The molecule has 3 aromatic heterocycles. The topological polar surface area (TPSA) is 66.8 Å². The summed E-state index contributed by atoms with van der Waals surface area (Å²) in [6, 6.07) is 14.1. The molecule has 0 bridgehead atoms. The number of nitrogens with one attached hydrogen (secondary N) is 1. The number of likely N-dealkylation sites (tertiary alicyclic amines) is 1. The normalized spacial score (nSPS) is 15.0. The zero-order valence-corrected chi connectivity index (χ0v) is 17.1. The highest BCUT2D eigenvalue weighted by molar-refractivity contribution is 5.94. The second-order valence-electron chi connectivity index (χ2n) is 8.16. The number of piperidine rings is 1. The Labute approximate surface area is 175 Å². The van der Waals surface area contributed by atoms with E-state index in [1.165, 1.54) is 5.56 Å². The van der Waals surface area contributed by atoms with E-state index in [9.17, 15) is 4.79 Å². The summed E-state index contributed by atoms with van der Waals surface area (Å²) >= 11 is 0. The van der Waals surface area contributed by atoms with Gasteiger partial charge in [-0.3, -0.25) is 9.89 Å². The molecule has 1 amide bonds. The van der Waals surface area contributed by atoms with Crippen molar-refractivity contribution in [2.45, 2.75) is 26.3 Å². The van der Waals surface area contributed by atoms with Crippen molar-refractivity contribution in [3.05, 3.63) is 72.2 Å². The Morgan fingerprint density at radius 2 is 1.90 bits per heavy atom. The van der Waals surface area contributed by atoms with Crippen LogP contribution in [0.4, 0.5) is 0 Å². The predicted octanol–water partition coefficient (Wildman–Crippen LogP) is 4.29. The van der Waals surface area contributed by atoms with E-state index in [1.807, 2.05) is 48.4 Å². The molecule has 1 saturated heterocycles. The van der Waals surface area contributed by atoms with Crippen molar-refractivity contribution in [3.63, 3.8) is 0 Å². The lowest BCUT2D eigenvalue weighted by molar-refractivity contribution is 0.0683. The van der Waals surface area contributed by atoms with Crippen molar-refractivity contribution >= 4 is 16.9 Å². The van der Waals surface area contributed by atoms with Crippen LogP contribution in [0.15, 0.2) is 61.1 Å². The number of pyridine rings is 1. The molecule has 1 aromatic carbocycles. The summed E-state index contributed by atoms with van der Waals surface area (Å²) in [6.07, 6.45) is 7.82. The van der Waals surface area contributed by atoms with Crippen LogP contribution in [0.2, 0.25) is 0 Å². The molecule has 1 aliphatic rings. The zero-order valence-electron chi connectivity index (χ0n) is 17.1. The Kier molecular flexibility index (Phi) is 4.83. The summed E-state index contributed by atoms with van der Waals surface area (Å²) < 4.78 is 2.30. The quantitative estimate of drug-likeness (QED) is 0.557. The van der Waals surface area contributed by atoms with E-state index >= 15 is 0 Å². The van der Waals surface area contributed by atoms with Crippen molar-refractivity contribution in [2.75, 3.05) is 13.1 Å². The van der Waals surface area contributed by atoms with Crippen LogP contribution in [-0.4, -0.2) is 43.6 Å². The minimum absolute atomic E-state index is 0.149. The first-order chi connectivity index (χ1) is 14.7. The van der Waals surface area contributed by atoms with Gasteiger partial charge in [0.05, 0.1) is 22.9 Å². The number of carbonyl (C=O) groups is 1. The molecule has 0 spiro atoms. The van der Waals surface area contributed by atoms with Gasteiger partial charge in [0.1, 0.15) is 0 Å². The van der Waals surface area contributed by atoms with Crippen LogP contribution in [0.5, 0.6) is 0 Å². The number of nitrogens with zero attached hydrogens (tertiary/aromatic N) is 4. The maximum absolute atomic E-state index is 12.7. The van der Waals surface area contributed by atoms with Gasteiger partial charge >= 0.3 is 0 Å². The summed E-state index contributed by atoms with van der Waals surface area (Å²) in [5.74, 6) is 0.715. The number of rotatable bonds is 4. The highest BCUT2D eigenvalue weighted by atomic mass is 16.2. The maximum atomic E-state index is 12.7. The average Bonchev–Trinajstić information content (AvgIpc) is 3.45. The summed E-state index contributed by atoms with van der Waals surface area (Å²) in [7, 11) is 0. The van der Waals surface area contributed by atoms with E-state index in [2.05, 4.69) is 33.1 Å². The van der Waals surface area contributed by atoms with Crippen LogP contribution >= 0.6 is 0 Å². The number of H-pyrrole nitrogens is 1. The number of hydrogen-bond donors (Lipinski definition) is 1. The minimum atomic E-state index is 0.149. The molecule has 6 nitrogen and oxygen atoms in total. The molecule has 6 heteroatoms. The first-order valence-corrected chi connectivity index (χ1v) is 10.5. The standard InChI is InChI=1S/C24H25N5O/c1-17-2-4-19(5-3-17)24(30)28-11-8-18(9-12-28)16-29-13-10-22-23(29)7-6-21(27-22)20-14-25-26-15-20/h2-7,10,13-15,18H,8-9,11-12,16H2,1H3,(H,25,26). The molecule has 4 heterocycles. The first kappa shape index (κ1) is 18.6. The van der Waals surface area contributed by atoms with Gasteiger partial charge in [0.2, 0.25) is 0 Å². The number of fused-ring (bicyclic) bond motifs is 1. The molecule has 0 atom stereocenters. The van der Waals surface area contributed by atoms with Crippen molar-refractivity contribution in [3.8, 4) is 11.3 Å². The molecule has 30 heavy (non-hydrogen) atoms. The molecule has 0 radical (unpaired) electrons. The van der Waals surface area contributed by atoms with Gasteiger partial charge in [-0.2, -0.15) is 5.10 Å². The predicted molar refractivity (Wildman–Crippen MR) is 117 cm³/mol. The molecule has 0 unspecified atom stereocenters. The third-order valence-electron chi connectivity index (χ3n) is 6.07. The van der Waals surface area contributed by atoms with E-state index in [-0.39, 0.29) is 5.91 Å². The number of amides is 1. The molecular formula is C24H25N5O. The van der Waals surface area contributed by atoms with E-state index in [0.717, 1.165) is 60.3 Å². The van der Waals surface area contributed by atoms with Crippen molar-refractivity contribution < 1.29 is 4.79 Å². The summed E-state index contributed by atoms with van der Waals surface area (Å²) in [5, 5.41) is 6.84. The van der Waals surface area contributed by atoms with E-state index in [1.54, 1.807) is 6.20 Å². The largest absolute Gasteiger partial charge is 0.346 e. The Morgan fingerprint density at radius 3 is 2.63 bits per heavy atom. The Balaban J connectivity index is 1.24. The van der Waals surface area contributed by atoms with Crippen molar-refractivity contribution in [1.82, 2.24) is 24.6 Å². The lowest BCUT2D eigenvalue weighted by Gasteiger charge is -2.32. The van der Waals surface area contributed by atoms with Crippen LogP contribution in [0, 0.1) is 12.8 Å². The van der Waals surface area contributed by atoms with Crippen molar-refractivity contribution in [2.24, 2.45) is 5.92 Å². The van der Waals surface area contributed by atoms with Gasteiger partial charge < -0.3 is 9.47 Å². The van der Waals surface area contributed by atoms with Gasteiger partial charge in [0, 0.05) is 43.2 Å². The Hall–Kier alpha value is -3.41. The minimum Gasteiger partial charge on any atom is -0.346 e. The lowest BCUT2D eigenvalue weighted by Crippen LogP contribution is -2.39. The monoisotopic (exact) mass is 399 g/mol. The second kappa shape index (κ2) is 7.78. The number of aryl methyl sites for hydroxylation is 1. The lowest BCUT2D eigenvalue weighted by atomic mass is 9.96. The first-order valence-electron chi connectivity index (χ1n) is 10.5. The average molecular weight is 399 g/mol. The molecule has 0 saturated carbocycles. The SMILES string of the molecule is Cc1ccc(C(=O)N2CCC(Cn3ccc4nc(-c5cn[nH]c5)ccc43)CC2)cc1. The molecule has 1 fully saturated rings. The molecule has 0 aliphatic carbocycles. The Bertz CT molecular complexity index is 1150. The molecule has 4 aromatic rings. The number of aromatic nitrogens is 4. The Morgan fingerprint density at radius 1 is 1.10 bits per heavy atom. The van der Waals surface area contributed by atoms with Crippen LogP contribution in [0.1, 0.15) is 28.8 Å². The molecule has 1 aliphatic heterocycles. The molecule has 5 rings (SSSR count). The van der Waals surface area contributed by atoms with Crippen LogP contribution in [0.25, 0.3) is 22.3 Å². The fourth-order valence-corrected chi connectivity index (χ4v) is 4.26. The van der Waals surface area contributed by atoms with Gasteiger partial charge in [0.15, 0.2) is 0 Å². The van der Waals surface area contributed by atoms with Crippen LogP contribution in [-0.2, 0) is 6.54 Å². The number of carbonyl (C=O) groups excluding carboxylic acids is 1.